The highest BCUT2D eigenvalue weighted by Gasteiger charge is 2.07. The highest BCUT2D eigenvalue weighted by molar-refractivity contribution is 5.82. The van der Waals surface area contributed by atoms with Crippen LogP contribution in [-0.4, -0.2) is 16.6 Å². The normalized spacial score (nSPS) is 10.7. The molecule has 0 aliphatic carbocycles. The van der Waals surface area contributed by atoms with E-state index in [0.29, 0.717) is 24.6 Å². The summed E-state index contributed by atoms with van der Waals surface area (Å²) >= 11 is 0. The van der Waals surface area contributed by atoms with Crippen LogP contribution in [0.1, 0.15) is 18.1 Å². The Kier molecular flexibility index (Phi) is 4.28. The maximum Gasteiger partial charge on any atom is 0.253 e. The Morgan fingerprint density at radius 1 is 1.26 bits per heavy atom. The fraction of sp³-hybridized carbons (Fsp3) is 0.222. The van der Waals surface area contributed by atoms with Gasteiger partial charge in [0.1, 0.15) is 0 Å². The molecule has 0 amide bonds. The summed E-state index contributed by atoms with van der Waals surface area (Å²) in [5, 5.41) is 4.25. The summed E-state index contributed by atoms with van der Waals surface area (Å²) in [4.78, 5) is 19.4. The van der Waals surface area contributed by atoms with Crippen LogP contribution in [0.25, 0.3) is 10.9 Å². The van der Waals surface area contributed by atoms with Gasteiger partial charge in [-0.3, -0.25) is 4.79 Å². The lowest BCUT2D eigenvalue weighted by Gasteiger charge is -2.11. The summed E-state index contributed by atoms with van der Waals surface area (Å²) in [6.45, 7) is 4.85. The number of H-pyrrole nitrogens is 1. The predicted octanol–water partition coefficient (Wildman–Crippen LogP) is 3.24. The minimum atomic E-state index is -0.0823. The molecular formula is C18H19N3O2. The number of rotatable bonds is 5. The van der Waals surface area contributed by atoms with Crippen LogP contribution in [0.15, 0.2) is 47.4 Å². The van der Waals surface area contributed by atoms with E-state index in [1.165, 1.54) is 0 Å². The fourth-order valence-electron chi connectivity index (χ4n) is 2.53. The molecule has 2 aromatic heterocycles. The third-order valence-corrected chi connectivity index (χ3v) is 3.69. The number of aryl methyl sites for hydroxylation is 1. The highest BCUT2D eigenvalue weighted by atomic mass is 16.5. The van der Waals surface area contributed by atoms with Gasteiger partial charge in [-0.2, -0.15) is 0 Å². The molecule has 0 unspecified atom stereocenters. The summed E-state index contributed by atoms with van der Waals surface area (Å²) in [6.07, 6.45) is 1.68. The number of benzene rings is 1. The van der Waals surface area contributed by atoms with E-state index in [4.69, 9.17) is 4.74 Å². The van der Waals surface area contributed by atoms with Gasteiger partial charge in [0, 0.05) is 18.3 Å². The Bertz CT molecular complexity index is 887. The Balaban J connectivity index is 1.88. The zero-order valence-electron chi connectivity index (χ0n) is 13.2. The number of aromatic amines is 1. The summed E-state index contributed by atoms with van der Waals surface area (Å²) in [6, 6.07) is 11.6. The molecule has 3 rings (SSSR count). The van der Waals surface area contributed by atoms with Crippen LogP contribution in [0.3, 0.4) is 0 Å². The first-order valence-corrected chi connectivity index (χ1v) is 7.62. The van der Waals surface area contributed by atoms with Crippen molar-refractivity contribution in [3.05, 3.63) is 64.1 Å². The number of ether oxygens (including phenoxy) is 1. The van der Waals surface area contributed by atoms with Gasteiger partial charge in [-0.05, 0) is 43.0 Å². The molecule has 0 spiro atoms. The van der Waals surface area contributed by atoms with Crippen LogP contribution in [0.2, 0.25) is 0 Å². The van der Waals surface area contributed by atoms with E-state index >= 15 is 0 Å². The van der Waals surface area contributed by atoms with E-state index in [1.807, 2.05) is 50.2 Å². The van der Waals surface area contributed by atoms with Gasteiger partial charge in [-0.25, -0.2) is 4.98 Å². The number of hydrogen-bond donors (Lipinski definition) is 2. The van der Waals surface area contributed by atoms with Gasteiger partial charge >= 0.3 is 0 Å². The quantitative estimate of drug-likeness (QED) is 0.759. The average molecular weight is 309 g/mol. The molecule has 2 heterocycles. The summed E-state index contributed by atoms with van der Waals surface area (Å²) in [5.74, 6) is 0.545. The van der Waals surface area contributed by atoms with Gasteiger partial charge in [0.2, 0.25) is 5.88 Å². The third kappa shape index (κ3) is 3.18. The number of nitrogens with zero attached hydrogens (tertiary/aromatic N) is 1. The largest absolute Gasteiger partial charge is 0.476 e. The lowest BCUT2D eigenvalue weighted by molar-refractivity contribution is 0.328. The number of anilines is 1. The Hall–Kier alpha value is -2.82. The van der Waals surface area contributed by atoms with Crippen LogP contribution in [0, 0.1) is 6.92 Å². The van der Waals surface area contributed by atoms with E-state index in [1.54, 1.807) is 6.20 Å². The van der Waals surface area contributed by atoms with Crippen LogP contribution in [0.5, 0.6) is 5.88 Å². The van der Waals surface area contributed by atoms with E-state index in [0.717, 1.165) is 22.2 Å². The maximum absolute atomic E-state index is 12.3. The second-order valence-corrected chi connectivity index (χ2v) is 5.31. The van der Waals surface area contributed by atoms with Crippen molar-refractivity contribution in [2.45, 2.75) is 20.4 Å². The monoisotopic (exact) mass is 309 g/mol. The summed E-state index contributed by atoms with van der Waals surface area (Å²) in [5.41, 5.74) is 3.32. The summed E-state index contributed by atoms with van der Waals surface area (Å²) < 4.78 is 5.48. The average Bonchev–Trinajstić information content (AvgIpc) is 2.55. The van der Waals surface area contributed by atoms with Crippen molar-refractivity contribution in [1.29, 1.82) is 0 Å². The molecule has 2 N–H and O–H groups in total. The van der Waals surface area contributed by atoms with Gasteiger partial charge in [0.25, 0.3) is 5.56 Å². The molecule has 3 aromatic rings. The maximum atomic E-state index is 12.3. The van der Waals surface area contributed by atoms with Crippen molar-refractivity contribution >= 4 is 16.6 Å². The zero-order valence-corrected chi connectivity index (χ0v) is 13.2. The summed E-state index contributed by atoms with van der Waals surface area (Å²) in [7, 11) is 0. The first-order valence-electron chi connectivity index (χ1n) is 7.62. The number of fused-ring (bicyclic) bond motifs is 1. The van der Waals surface area contributed by atoms with Gasteiger partial charge < -0.3 is 15.0 Å². The molecule has 0 saturated carbocycles. The molecule has 0 radical (unpaired) electrons. The van der Waals surface area contributed by atoms with Crippen molar-refractivity contribution in [3.8, 4) is 5.88 Å². The SMILES string of the molecule is CCOc1ncccc1NCc1cc2cccc(C)c2[nH]c1=O. The molecule has 23 heavy (non-hydrogen) atoms. The van der Waals surface area contributed by atoms with Gasteiger partial charge in [-0.15, -0.1) is 0 Å². The second-order valence-electron chi connectivity index (χ2n) is 5.31. The minimum Gasteiger partial charge on any atom is -0.476 e. The number of aromatic nitrogens is 2. The topological polar surface area (TPSA) is 67.0 Å². The smallest absolute Gasteiger partial charge is 0.253 e. The number of hydrogen-bond acceptors (Lipinski definition) is 4. The Labute approximate surface area is 134 Å². The third-order valence-electron chi connectivity index (χ3n) is 3.69. The fourth-order valence-corrected chi connectivity index (χ4v) is 2.53. The molecular weight excluding hydrogens is 290 g/mol. The lowest BCUT2D eigenvalue weighted by atomic mass is 10.1. The number of para-hydroxylation sites is 1. The first kappa shape index (κ1) is 15.1. The molecule has 0 aliphatic heterocycles. The molecule has 0 atom stereocenters. The molecule has 5 nitrogen and oxygen atoms in total. The lowest BCUT2D eigenvalue weighted by Crippen LogP contribution is -2.16. The second kappa shape index (κ2) is 6.52. The molecule has 118 valence electrons. The van der Waals surface area contributed by atoms with Crippen LogP contribution in [-0.2, 0) is 6.54 Å². The van der Waals surface area contributed by atoms with E-state index in [9.17, 15) is 4.79 Å². The van der Waals surface area contributed by atoms with E-state index in [2.05, 4.69) is 15.3 Å². The van der Waals surface area contributed by atoms with Gasteiger partial charge in [0.15, 0.2) is 0 Å². The molecule has 0 saturated heterocycles. The molecule has 0 bridgehead atoms. The Morgan fingerprint density at radius 2 is 2.13 bits per heavy atom. The van der Waals surface area contributed by atoms with Crippen molar-refractivity contribution in [2.75, 3.05) is 11.9 Å². The Morgan fingerprint density at radius 3 is 2.96 bits per heavy atom. The minimum absolute atomic E-state index is 0.0823. The van der Waals surface area contributed by atoms with Gasteiger partial charge in [0.05, 0.1) is 17.8 Å². The predicted molar refractivity (Wildman–Crippen MR) is 92.0 cm³/mol. The van der Waals surface area contributed by atoms with Crippen molar-refractivity contribution in [2.24, 2.45) is 0 Å². The van der Waals surface area contributed by atoms with E-state index < -0.39 is 0 Å². The van der Waals surface area contributed by atoms with Crippen molar-refractivity contribution in [3.63, 3.8) is 0 Å². The van der Waals surface area contributed by atoms with Crippen LogP contribution < -0.4 is 15.6 Å². The first-order chi connectivity index (χ1) is 11.2. The molecule has 5 heteroatoms. The zero-order chi connectivity index (χ0) is 16.2. The van der Waals surface area contributed by atoms with Gasteiger partial charge in [-0.1, -0.05) is 18.2 Å². The van der Waals surface area contributed by atoms with E-state index in [-0.39, 0.29) is 5.56 Å². The standard InChI is InChI=1S/C18H19N3O2/c1-3-23-18-15(8-5-9-19-18)20-11-14-10-13-7-4-6-12(2)16(13)21-17(14)22/h4-10,20H,3,11H2,1-2H3,(H,21,22). The number of pyridine rings is 2. The number of nitrogens with one attached hydrogen (secondary N) is 2. The van der Waals surface area contributed by atoms with Crippen molar-refractivity contribution in [1.82, 2.24) is 9.97 Å². The molecule has 0 fully saturated rings. The highest BCUT2D eigenvalue weighted by Crippen LogP contribution is 2.21. The van der Waals surface area contributed by atoms with Crippen LogP contribution >= 0.6 is 0 Å². The molecule has 1 aromatic carbocycles. The van der Waals surface area contributed by atoms with Crippen molar-refractivity contribution < 1.29 is 4.74 Å². The van der Waals surface area contributed by atoms with Crippen LogP contribution in [0.4, 0.5) is 5.69 Å². The molecule has 0 aliphatic rings.